The normalized spacial score (nSPS) is 23.4. The van der Waals surface area contributed by atoms with Crippen LogP contribution in [0.2, 0.25) is 0 Å². The van der Waals surface area contributed by atoms with E-state index in [2.05, 4.69) is 18.9 Å². The highest BCUT2D eigenvalue weighted by Gasteiger charge is 2.32. The predicted octanol–water partition coefficient (Wildman–Crippen LogP) is 2.26. The average molecular weight is 279 g/mol. The number of nitrogens with zero attached hydrogens (tertiary/aromatic N) is 1. The molecule has 1 aromatic rings. The average Bonchev–Trinajstić information content (AvgIpc) is 2.37. The fourth-order valence-electron chi connectivity index (χ4n) is 2.69. The molecule has 1 aliphatic heterocycles. The van der Waals surface area contributed by atoms with Crippen LogP contribution in [0.5, 0.6) is 11.5 Å². The second-order valence-electron chi connectivity index (χ2n) is 5.56. The van der Waals surface area contributed by atoms with Gasteiger partial charge in [0.2, 0.25) is 0 Å². The lowest BCUT2D eigenvalue weighted by Crippen LogP contribution is -2.48. The Hall–Kier alpha value is -1.75. The molecule has 110 valence electrons. The molecular formula is C15H21NO4. The number of likely N-dealkylation sites (tertiary alicyclic amines) is 1. The summed E-state index contributed by atoms with van der Waals surface area (Å²) in [6.07, 6.45) is 2.01. The third kappa shape index (κ3) is 3.22. The number of carboxylic acids is 1. The van der Waals surface area contributed by atoms with Crippen molar-refractivity contribution in [1.29, 1.82) is 0 Å². The summed E-state index contributed by atoms with van der Waals surface area (Å²) in [4.78, 5) is 13.3. The fraction of sp³-hybridized carbons (Fsp3) is 0.533. The van der Waals surface area contributed by atoms with E-state index in [1.165, 1.54) is 12.1 Å². The lowest BCUT2D eigenvalue weighted by molar-refractivity contribution is 0.0135. The van der Waals surface area contributed by atoms with E-state index in [-0.39, 0.29) is 11.2 Å². The van der Waals surface area contributed by atoms with Crippen molar-refractivity contribution in [3.05, 3.63) is 23.8 Å². The van der Waals surface area contributed by atoms with Crippen molar-refractivity contribution >= 4 is 5.97 Å². The topological polar surface area (TPSA) is 59.0 Å². The minimum absolute atomic E-state index is 0.202. The predicted molar refractivity (Wildman–Crippen MR) is 75.7 cm³/mol. The van der Waals surface area contributed by atoms with Crippen LogP contribution in [0.1, 0.15) is 30.1 Å². The molecule has 0 amide bonds. The smallest absolute Gasteiger partial charge is 0.335 e. The van der Waals surface area contributed by atoms with Gasteiger partial charge >= 0.3 is 5.97 Å². The summed E-state index contributed by atoms with van der Waals surface area (Å²) in [5, 5.41) is 9.08. The second kappa shape index (κ2) is 5.71. The van der Waals surface area contributed by atoms with Gasteiger partial charge in [0, 0.05) is 6.54 Å². The Balaban J connectivity index is 2.26. The van der Waals surface area contributed by atoms with E-state index in [1.54, 1.807) is 13.2 Å². The number of likely N-dealkylation sites (N-methyl/N-ethyl adjacent to an activating group) is 1. The number of piperidine rings is 1. The molecule has 2 rings (SSSR count). The molecule has 5 heteroatoms. The summed E-state index contributed by atoms with van der Waals surface area (Å²) in [7, 11) is 3.61. The Kier molecular flexibility index (Phi) is 4.18. The van der Waals surface area contributed by atoms with Gasteiger partial charge in [0.05, 0.1) is 12.7 Å². The summed E-state index contributed by atoms with van der Waals surface area (Å²) in [5.41, 5.74) is -0.120. The highest BCUT2D eigenvalue weighted by molar-refractivity contribution is 5.88. The first kappa shape index (κ1) is 14.7. The maximum Gasteiger partial charge on any atom is 0.335 e. The van der Waals surface area contributed by atoms with Crippen molar-refractivity contribution in [2.75, 3.05) is 27.2 Å². The summed E-state index contributed by atoms with van der Waals surface area (Å²) in [6.45, 7) is 3.92. The minimum atomic E-state index is -0.969. The van der Waals surface area contributed by atoms with E-state index in [4.69, 9.17) is 14.6 Å². The van der Waals surface area contributed by atoms with E-state index >= 15 is 0 Å². The number of ether oxygens (including phenoxy) is 2. The zero-order chi connectivity index (χ0) is 14.8. The quantitative estimate of drug-likeness (QED) is 0.916. The molecule has 0 saturated carbocycles. The lowest BCUT2D eigenvalue weighted by Gasteiger charge is -2.39. The first-order valence-corrected chi connectivity index (χ1v) is 6.72. The van der Waals surface area contributed by atoms with Crippen molar-refractivity contribution in [3.8, 4) is 11.5 Å². The number of carboxylic acid groups (broad SMARTS) is 1. The van der Waals surface area contributed by atoms with Gasteiger partial charge in [0.1, 0.15) is 5.60 Å². The molecule has 1 unspecified atom stereocenters. The van der Waals surface area contributed by atoms with Crippen molar-refractivity contribution in [2.45, 2.75) is 25.4 Å². The first-order valence-electron chi connectivity index (χ1n) is 6.72. The SMILES string of the molecule is COc1ccc(C(=O)O)cc1OC1(C)CCCN(C)C1. The van der Waals surface area contributed by atoms with Crippen LogP contribution in [-0.4, -0.2) is 48.8 Å². The van der Waals surface area contributed by atoms with Gasteiger partial charge in [0.25, 0.3) is 0 Å². The molecule has 1 N–H and O–H groups in total. The summed E-state index contributed by atoms with van der Waals surface area (Å²) >= 11 is 0. The highest BCUT2D eigenvalue weighted by atomic mass is 16.5. The van der Waals surface area contributed by atoms with Crippen molar-refractivity contribution < 1.29 is 19.4 Å². The molecular weight excluding hydrogens is 258 g/mol. The van der Waals surface area contributed by atoms with Crippen LogP contribution in [0.25, 0.3) is 0 Å². The van der Waals surface area contributed by atoms with E-state index in [0.29, 0.717) is 11.5 Å². The van der Waals surface area contributed by atoms with E-state index in [9.17, 15) is 4.79 Å². The van der Waals surface area contributed by atoms with Gasteiger partial charge in [0.15, 0.2) is 11.5 Å². The van der Waals surface area contributed by atoms with Crippen LogP contribution < -0.4 is 9.47 Å². The third-order valence-corrected chi connectivity index (χ3v) is 3.62. The van der Waals surface area contributed by atoms with Gasteiger partial charge in [-0.15, -0.1) is 0 Å². The second-order valence-corrected chi connectivity index (χ2v) is 5.56. The number of aromatic carboxylic acids is 1. The minimum Gasteiger partial charge on any atom is -0.493 e. The Morgan fingerprint density at radius 3 is 2.75 bits per heavy atom. The summed E-state index contributed by atoms with van der Waals surface area (Å²) in [6, 6.07) is 4.68. The molecule has 1 aliphatic rings. The monoisotopic (exact) mass is 279 g/mol. The number of benzene rings is 1. The largest absolute Gasteiger partial charge is 0.493 e. The molecule has 0 bridgehead atoms. The van der Waals surface area contributed by atoms with Gasteiger partial charge in [-0.1, -0.05) is 0 Å². The van der Waals surface area contributed by atoms with Crippen LogP contribution in [-0.2, 0) is 0 Å². The van der Waals surface area contributed by atoms with Crippen molar-refractivity contribution in [1.82, 2.24) is 4.90 Å². The number of hydrogen-bond acceptors (Lipinski definition) is 4. The zero-order valence-corrected chi connectivity index (χ0v) is 12.2. The third-order valence-electron chi connectivity index (χ3n) is 3.62. The Morgan fingerprint density at radius 1 is 1.40 bits per heavy atom. The molecule has 1 aromatic carbocycles. The van der Waals surface area contributed by atoms with E-state index in [1.807, 2.05) is 0 Å². The standard InChI is InChI=1S/C15H21NO4/c1-15(7-4-8-16(2)10-15)20-13-9-11(14(17)18)5-6-12(13)19-3/h5-6,9H,4,7-8,10H2,1-3H3,(H,17,18). The maximum absolute atomic E-state index is 11.1. The van der Waals surface area contributed by atoms with Gasteiger partial charge in [-0.25, -0.2) is 4.79 Å². The van der Waals surface area contributed by atoms with E-state index in [0.717, 1.165) is 25.9 Å². The van der Waals surface area contributed by atoms with Gasteiger partial charge in [-0.2, -0.15) is 0 Å². The molecule has 1 atom stereocenters. The first-order chi connectivity index (χ1) is 9.43. The van der Waals surface area contributed by atoms with Gasteiger partial charge in [-0.05, 0) is 51.6 Å². The number of hydrogen-bond donors (Lipinski definition) is 1. The molecule has 0 radical (unpaired) electrons. The summed E-state index contributed by atoms with van der Waals surface area (Å²) < 4.78 is 11.4. The molecule has 0 aliphatic carbocycles. The highest BCUT2D eigenvalue weighted by Crippen LogP contribution is 2.34. The van der Waals surface area contributed by atoms with Crippen LogP contribution >= 0.6 is 0 Å². The number of rotatable bonds is 4. The van der Waals surface area contributed by atoms with Crippen molar-refractivity contribution in [2.24, 2.45) is 0 Å². The zero-order valence-electron chi connectivity index (χ0n) is 12.2. The Bertz CT molecular complexity index is 503. The molecule has 20 heavy (non-hydrogen) atoms. The molecule has 1 fully saturated rings. The van der Waals surface area contributed by atoms with Gasteiger partial charge in [-0.3, -0.25) is 0 Å². The maximum atomic E-state index is 11.1. The summed E-state index contributed by atoms with van der Waals surface area (Å²) in [5.74, 6) is 0.0815. The fourth-order valence-corrected chi connectivity index (χ4v) is 2.69. The Labute approximate surface area is 119 Å². The van der Waals surface area contributed by atoms with Gasteiger partial charge < -0.3 is 19.5 Å². The van der Waals surface area contributed by atoms with Crippen LogP contribution in [0, 0.1) is 0 Å². The molecule has 0 aromatic heterocycles. The number of methoxy groups -OCH3 is 1. The van der Waals surface area contributed by atoms with Crippen LogP contribution in [0.3, 0.4) is 0 Å². The number of carbonyl (C=O) groups is 1. The molecule has 0 spiro atoms. The Morgan fingerprint density at radius 2 is 2.15 bits per heavy atom. The molecule has 5 nitrogen and oxygen atoms in total. The van der Waals surface area contributed by atoms with E-state index < -0.39 is 5.97 Å². The molecule has 1 heterocycles. The van der Waals surface area contributed by atoms with Crippen LogP contribution in [0.4, 0.5) is 0 Å². The molecule has 1 saturated heterocycles. The lowest BCUT2D eigenvalue weighted by atomic mass is 9.95. The van der Waals surface area contributed by atoms with Crippen molar-refractivity contribution in [3.63, 3.8) is 0 Å². The van der Waals surface area contributed by atoms with Crippen LogP contribution in [0.15, 0.2) is 18.2 Å².